The van der Waals surface area contributed by atoms with Crippen molar-refractivity contribution in [2.75, 3.05) is 5.32 Å². The normalized spacial score (nSPS) is 10.9. The zero-order valence-corrected chi connectivity index (χ0v) is 20.2. The van der Waals surface area contributed by atoms with Crippen molar-refractivity contribution in [2.24, 2.45) is 0 Å². The molecule has 6 nitrogen and oxygen atoms in total. The fourth-order valence-electron chi connectivity index (χ4n) is 2.87. The molecule has 164 valence electrons. The first-order valence-corrected chi connectivity index (χ1v) is 11.3. The van der Waals surface area contributed by atoms with Crippen molar-refractivity contribution in [2.45, 2.75) is 13.2 Å². The van der Waals surface area contributed by atoms with Gasteiger partial charge in [-0.2, -0.15) is 5.10 Å². The zero-order chi connectivity index (χ0) is 22.7. The maximum Gasteiger partial charge on any atom is 0.292 e. The highest BCUT2D eigenvalue weighted by Crippen LogP contribution is 2.26. The molecule has 0 bridgehead atoms. The third kappa shape index (κ3) is 5.23. The summed E-state index contributed by atoms with van der Waals surface area (Å²) in [5, 5.41) is 7.26. The minimum absolute atomic E-state index is 0.106. The Labute approximate surface area is 204 Å². The molecule has 0 saturated heterocycles. The number of nitrogens with one attached hydrogen (secondary N) is 1. The number of carbonyl (C=O) groups is 1. The first kappa shape index (κ1) is 22.6. The first-order valence-electron chi connectivity index (χ1n) is 9.34. The third-order valence-corrected chi connectivity index (χ3v) is 6.01. The van der Waals surface area contributed by atoms with E-state index >= 15 is 0 Å². The number of halogens is 4. The Morgan fingerprint density at radius 1 is 1.12 bits per heavy atom. The van der Waals surface area contributed by atoms with Gasteiger partial charge in [0.25, 0.3) is 5.91 Å². The monoisotopic (exact) mass is 581 g/mol. The standard InChI is InChI=1S/C22H15Br2ClFN3O3/c23-15-4-1-2-7-19(15)31-12-13-8-9-20(32-13)22(30)27-21-16(24)11-29(28-21)10-14-17(25)5-3-6-18(14)26/h1-9,11H,10,12H2,(H,27,28,30). The Morgan fingerprint density at radius 2 is 1.94 bits per heavy atom. The maximum absolute atomic E-state index is 14.0. The molecule has 4 aromatic rings. The first-order chi connectivity index (χ1) is 15.4. The molecule has 2 aromatic heterocycles. The van der Waals surface area contributed by atoms with E-state index in [1.165, 1.54) is 16.8 Å². The van der Waals surface area contributed by atoms with Crippen molar-refractivity contribution < 1.29 is 18.3 Å². The van der Waals surface area contributed by atoms with Crippen LogP contribution in [0, 0.1) is 5.82 Å². The maximum atomic E-state index is 14.0. The molecule has 32 heavy (non-hydrogen) atoms. The van der Waals surface area contributed by atoms with Crippen LogP contribution in [-0.2, 0) is 13.2 Å². The van der Waals surface area contributed by atoms with E-state index in [-0.39, 0.29) is 24.7 Å². The number of anilines is 1. The minimum atomic E-state index is -0.480. The van der Waals surface area contributed by atoms with Crippen LogP contribution in [0.3, 0.4) is 0 Å². The summed E-state index contributed by atoms with van der Waals surface area (Å²) in [6, 6.07) is 15.1. The summed E-state index contributed by atoms with van der Waals surface area (Å²) in [5.41, 5.74) is 0.308. The zero-order valence-electron chi connectivity index (χ0n) is 16.3. The van der Waals surface area contributed by atoms with Gasteiger partial charge in [-0.1, -0.05) is 29.8 Å². The summed E-state index contributed by atoms with van der Waals surface area (Å²) in [7, 11) is 0. The molecule has 1 amide bonds. The van der Waals surface area contributed by atoms with Crippen molar-refractivity contribution in [1.29, 1.82) is 0 Å². The highest BCUT2D eigenvalue weighted by atomic mass is 79.9. The predicted molar refractivity (Wildman–Crippen MR) is 126 cm³/mol. The number of carbonyl (C=O) groups excluding carboxylic acids is 1. The molecular formula is C22H15Br2ClFN3O3. The average molecular weight is 584 g/mol. The van der Waals surface area contributed by atoms with E-state index < -0.39 is 11.7 Å². The molecule has 0 aliphatic carbocycles. The van der Waals surface area contributed by atoms with E-state index in [1.54, 1.807) is 24.4 Å². The molecule has 10 heteroatoms. The number of nitrogens with zero attached hydrogens (tertiary/aromatic N) is 2. The van der Waals surface area contributed by atoms with E-state index in [2.05, 4.69) is 42.3 Å². The number of rotatable bonds is 7. The molecule has 0 atom stereocenters. The Bertz CT molecular complexity index is 1250. The Hall–Kier alpha value is -2.62. The van der Waals surface area contributed by atoms with Crippen LogP contribution in [0.4, 0.5) is 10.2 Å². The van der Waals surface area contributed by atoms with E-state index in [1.807, 2.05) is 24.3 Å². The fraction of sp³-hybridized carbons (Fsp3) is 0.0909. The van der Waals surface area contributed by atoms with Gasteiger partial charge in [0.15, 0.2) is 11.6 Å². The van der Waals surface area contributed by atoms with Gasteiger partial charge in [0, 0.05) is 16.8 Å². The van der Waals surface area contributed by atoms with E-state index in [4.69, 9.17) is 20.8 Å². The van der Waals surface area contributed by atoms with Crippen LogP contribution >= 0.6 is 43.5 Å². The highest BCUT2D eigenvalue weighted by Gasteiger charge is 2.17. The van der Waals surface area contributed by atoms with Gasteiger partial charge >= 0.3 is 0 Å². The molecule has 0 aliphatic rings. The number of aromatic nitrogens is 2. The van der Waals surface area contributed by atoms with Gasteiger partial charge in [-0.25, -0.2) is 4.39 Å². The van der Waals surface area contributed by atoms with Crippen LogP contribution in [-0.4, -0.2) is 15.7 Å². The lowest BCUT2D eigenvalue weighted by Crippen LogP contribution is -2.12. The Balaban J connectivity index is 1.41. The number of amides is 1. The predicted octanol–water partition coefficient (Wildman–Crippen LogP) is 6.67. The van der Waals surface area contributed by atoms with Crippen molar-refractivity contribution >= 4 is 55.2 Å². The number of ether oxygens (including phenoxy) is 1. The lowest BCUT2D eigenvalue weighted by atomic mass is 10.2. The molecule has 0 radical (unpaired) electrons. The molecule has 0 spiro atoms. The smallest absolute Gasteiger partial charge is 0.292 e. The Kier molecular flexibility index (Phi) is 6.98. The van der Waals surface area contributed by atoms with Gasteiger partial charge in [0.2, 0.25) is 0 Å². The molecule has 1 N–H and O–H groups in total. The Morgan fingerprint density at radius 3 is 2.72 bits per heavy atom. The lowest BCUT2D eigenvalue weighted by Gasteiger charge is -2.06. The van der Waals surface area contributed by atoms with Gasteiger partial charge in [-0.15, -0.1) is 0 Å². The number of hydrogen-bond donors (Lipinski definition) is 1. The molecule has 2 aromatic carbocycles. The number of furan rings is 1. The van der Waals surface area contributed by atoms with E-state index in [0.717, 1.165) is 4.47 Å². The van der Waals surface area contributed by atoms with Crippen molar-refractivity contribution in [3.8, 4) is 5.75 Å². The summed E-state index contributed by atoms with van der Waals surface area (Å²) in [4.78, 5) is 12.6. The van der Waals surface area contributed by atoms with Crippen LogP contribution in [0.1, 0.15) is 21.9 Å². The van der Waals surface area contributed by atoms with Crippen LogP contribution in [0.25, 0.3) is 0 Å². The van der Waals surface area contributed by atoms with Crippen LogP contribution in [0.5, 0.6) is 5.75 Å². The van der Waals surface area contributed by atoms with Crippen molar-refractivity contribution in [3.63, 3.8) is 0 Å². The summed E-state index contributed by atoms with van der Waals surface area (Å²) < 4.78 is 28.1. The van der Waals surface area contributed by atoms with Crippen LogP contribution in [0.15, 0.2) is 74.2 Å². The topological polar surface area (TPSA) is 69.3 Å². The quantitative estimate of drug-likeness (QED) is 0.264. The number of benzene rings is 2. The van der Waals surface area contributed by atoms with Gasteiger partial charge in [-0.3, -0.25) is 9.48 Å². The fourth-order valence-corrected chi connectivity index (χ4v) is 3.90. The van der Waals surface area contributed by atoms with Crippen molar-refractivity contribution in [1.82, 2.24) is 9.78 Å². The van der Waals surface area contributed by atoms with E-state index in [9.17, 15) is 9.18 Å². The van der Waals surface area contributed by atoms with Crippen LogP contribution in [0.2, 0.25) is 5.02 Å². The SMILES string of the molecule is O=C(Nc1nn(Cc2c(F)cccc2Cl)cc1Br)c1ccc(COc2ccccc2Br)o1. The second-order valence-electron chi connectivity index (χ2n) is 6.66. The molecule has 0 unspecified atom stereocenters. The number of para-hydroxylation sites is 1. The van der Waals surface area contributed by atoms with Gasteiger partial charge in [0.05, 0.1) is 15.5 Å². The molecule has 0 aliphatic heterocycles. The molecule has 4 rings (SSSR count). The highest BCUT2D eigenvalue weighted by molar-refractivity contribution is 9.11. The summed E-state index contributed by atoms with van der Waals surface area (Å²) in [5.74, 6) is 0.623. The van der Waals surface area contributed by atoms with Gasteiger partial charge in [-0.05, 0) is 68.3 Å². The van der Waals surface area contributed by atoms with Crippen LogP contribution < -0.4 is 10.1 Å². The lowest BCUT2D eigenvalue weighted by molar-refractivity contribution is 0.0992. The van der Waals surface area contributed by atoms with Gasteiger partial charge in [0.1, 0.15) is 23.9 Å². The summed E-state index contributed by atoms with van der Waals surface area (Å²) >= 11 is 12.8. The minimum Gasteiger partial charge on any atom is -0.484 e. The average Bonchev–Trinajstić information content (AvgIpc) is 3.37. The summed E-state index contributed by atoms with van der Waals surface area (Å²) in [6.07, 6.45) is 1.62. The third-order valence-electron chi connectivity index (χ3n) is 4.42. The summed E-state index contributed by atoms with van der Waals surface area (Å²) in [6.45, 7) is 0.273. The van der Waals surface area contributed by atoms with E-state index in [0.29, 0.717) is 26.6 Å². The largest absolute Gasteiger partial charge is 0.484 e. The number of hydrogen-bond acceptors (Lipinski definition) is 4. The molecular weight excluding hydrogens is 569 g/mol. The van der Waals surface area contributed by atoms with Gasteiger partial charge < -0.3 is 14.5 Å². The second kappa shape index (κ2) is 9.89. The molecule has 0 fully saturated rings. The van der Waals surface area contributed by atoms with Crippen molar-refractivity contribution in [3.05, 3.63) is 97.7 Å². The second-order valence-corrected chi connectivity index (χ2v) is 8.78. The molecule has 0 saturated carbocycles. The molecule has 2 heterocycles.